The first-order valence-electron chi connectivity index (χ1n) is 8.77. The molecule has 0 bridgehead atoms. The lowest BCUT2D eigenvalue weighted by Gasteiger charge is -2.16. The van der Waals surface area contributed by atoms with E-state index in [9.17, 15) is 14.0 Å². The van der Waals surface area contributed by atoms with Crippen LogP contribution in [0.3, 0.4) is 0 Å². The molecule has 0 saturated heterocycles. The van der Waals surface area contributed by atoms with E-state index >= 15 is 0 Å². The molecule has 3 aromatic rings. The summed E-state index contributed by atoms with van der Waals surface area (Å²) in [6.45, 7) is 0. The smallest absolute Gasteiger partial charge is 0.283 e. The summed E-state index contributed by atoms with van der Waals surface area (Å²) >= 11 is 13.3. The highest BCUT2D eigenvalue weighted by Crippen LogP contribution is 2.39. The van der Waals surface area contributed by atoms with Gasteiger partial charge in [0.2, 0.25) is 0 Å². The van der Waals surface area contributed by atoms with Crippen molar-refractivity contribution < 1.29 is 14.0 Å². The van der Waals surface area contributed by atoms with E-state index in [0.29, 0.717) is 16.4 Å². The van der Waals surface area contributed by atoms with Gasteiger partial charge >= 0.3 is 0 Å². The van der Waals surface area contributed by atoms with Crippen molar-refractivity contribution in [1.29, 1.82) is 0 Å². The molecule has 3 aromatic carbocycles. The number of nitrogens with one attached hydrogen (secondary N) is 1. The monoisotopic (exact) mass is 458 g/mol. The molecule has 4 rings (SSSR count). The quantitative estimate of drug-likeness (QED) is 0.467. The van der Waals surface area contributed by atoms with Gasteiger partial charge in [-0.3, -0.25) is 9.59 Å². The summed E-state index contributed by atoms with van der Waals surface area (Å²) < 4.78 is 13.3. The second-order valence-electron chi connectivity index (χ2n) is 6.29. The third-order valence-electron chi connectivity index (χ3n) is 4.28. The average Bonchev–Trinajstić information content (AvgIpc) is 2.96. The number of rotatable bonds is 5. The van der Waals surface area contributed by atoms with Gasteiger partial charge in [-0.05, 0) is 60.7 Å². The highest BCUT2D eigenvalue weighted by molar-refractivity contribution is 8.04. The largest absolute Gasteiger partial charge is 0.350 e. The predicted octanol–water partition coefficient (Wildman–Crippen LogP) is 6.12. The van der Waals surface area contributed by atoms with Crippen molar-refractivity contribution in [2.24, 2.45) is 0 Å². The third-order valence-corrected chi connectivity index (χ3v) is 5.94. The summed E-state index contributed by atoms with van der Waals surface area (Å²) in [7, 11) is 0. The fourth-order valence-corrected chi connectivity index (χ4v) is 4.14. The lowest BCUT2D eigenvalue weighted by molar-refractivity contribution is -0.120. The molecule has 0 atom stereocenters. The van der Waals surface area contributed by atoms with Gasteiger partial charge in [0, 0.05) is 15.6 Å². The summed E-state index contributed by atoms with van der Waals surface area (Å²) in [5.74, 6) is -1.46. The molecule has 1 aliphatic heterocycles. The van der Waals surface area contributed by atoms with Gasteiger partial charge in [0.05, 0.1) is 10.7 Å². The zero-order valence-electron chi connectivity index (χ0n) is 15.2. The number of thioether (sulfide) groups is 1. The van der Waals surface area contributed by atoms with E-state index in [2.05, 4.69) is 5.32 Å². The Bertz CT molecular complexity index is 1100. The van der Waals surface area contributed by atoms with E-state index in [1.54, 1.807) is 48.5 Å². The first-order valence-corrected chi connectivity index (χ1v) is 10.3. The Morgan fingerprint density at radius 3 is 2.17 bits per heavy atom. The van der Waals surface area contributed by atoms with Crippen LogP contribution in [-0.4, -0.2) is 11.8 Å². The lowest BCUT2D eigenvalue weighted by atomic mass is 10.3. The molecule has 0 spiro atoms. The van der Waals surface area contributed by atoms with Crippen molar-refractivity contribution in [2.45, 2.75) is 4.90 Å². The number of amides is 2. The summed E-state index contributed by atoms with van der Waals surface area (Å²) in [5, 5.41) is 3.80. The van der Waals surface area contributed by atoms with Crippen LogP contribution in [0.15, 0.2) is 88.3 Å². The maximum absolute atomic E-state index is 13.3. The highest BCUT2D eigenvalue weighted by Gasteiger charge is 2.41. The normalized spacial score (nSPS) is 13.9. The molecular weight excluding hydrogens is 446 g/mol. The lowest BCUT2D eigenvalue weighted by Crippen LogP contribution is -2.32. The summed E-state index contributed by atoms with van der Waals surface area (Å²) in [6.07, 6.45) is 0. The van der Waals surface area contributed by atoms with E-state index in [1.807, 2.05) is 0 Å². The SMILES string of the molecule is O=C1C(Nc2ccc(F)cc2)=C(Sc2ccc(Cl)cc2)C(=O)N1c1ccccc1Cl. The van der Waals surface area contributed by atoms with E-state index in [0.717, 1.165) is 21.6 Å². The standard InChI is InChI=1S/C22H13Cl2FN2O2S/c23-13-5-11-16(12-6-13)30-20-19(26-15-9-7-14(25)8-10-15)21(28)27(22(20)29)18-4-2-1-3-17(18)24/h1-12,26H. The fourth-order valence-electron chi connectivity index (χ4n) is 2.86. The Labute approximate surface area is 186 Å². The second-order valence-corrected chi connectivity index (χ2v) is 8.22. The van der Waals surface area contributed by atoms with E-state index < -0.39 is 17.6 Å². The number of hydrogen-bond donors (Lipinski definition) is 1. The minimum absolute atomic E-state index is 0.0893. The first-order chi connectivity index (χ1) is 14.4. The van der Waals surface area contributed by atoms with Gasteiger partial charge in [0.15, 0.2) is 0 Å². The molecule has 0 fully saturated rings. The number of carbonyl (C=O) groups is 2. The highest BCUT2D eigenvalue weighted by atomic mass is 35.5. The van der Waals surface area contributed by atoms with Gasteiger partial charge in [-0.2, -0.15) is 0 Å². The number of anilines is 2. The number of carbonyl (C=O) groups excluding carboxylic acids is 2. The van der Waals surface area contributed by atoms with Gasteiger partial charge in [-0.25, -0.2) is 9.29 Å². The Hall–Kier alpha value is -2.80. The van der Waals surface area contributed by atoms with Gasteiger partial charge in [-0.15, -0.1) is 0 Å². The summed E-state index contributed by atoms with van der Waals surface area (Å²) in [4.78, 5) is 28.4. The van der Waals surface area contributed by atoms with Crippen LogP contribution in [0.1, 0.15) is 0 Å². The number of hydrogen-bond acceptors (Lipinski definition) is 4. The van der Waals surface area contributed by atoms with Gasteiger partial charge in [0.25, 0.3) is 11.8 Å². The summed E-state index contributed by atoms with van der Waals surface area (Å²) in [6, 6.07) is 19.0. The number of nitrogens with zero attached hydrogens (tertiary/aromatic N) is 1. The van der Waals surface area contributed by atoms with Gasteiger partial charge in [0.1, 0.15) is 16.4 Å². The van der Waals surface area contributed by atoms with E-state index in [-0.39, 0.29) is 15.6 Å². The molecule has 0 aliphatic carbocycles. The topological polar surface area (TPSA) is 49.4 Å². The van der Waals surface area contributed by atoms with Crippen LogP contribution in [0.25, 0.3) is 0 Å². The first kappa shape index (κ1) is 20.5. The molecule has 1 heterocycles. The van der Waals surface area contributed by atoms with Crippen LogP contribution >= 0.6 is 35.0 Å². The third kappa shape index (κ3) is 4.07. The molecule has 1 N–H and O–H groups in total. The molecule has 2 amide bonds. The van der Waals surface area contributed by atoms with Crippen LogP contribution in [0.5, 0.6) is 0 Å². The van der Waals surface area contributed by atoms with Crippen LogP contribution in [0.2, 0.25) is 10.0 Å². The van der Waals surface area contributed by atoms with Crippen molar-refractivity contribution in [2.75, 3.05) is 10.2 Å². The van der Waals surface area contributed by atoms with Crippen molar-refractivity contribution in [3.05, 3.63) is 99.3 Å². The molecule has 0 saturated carbocycles. The molecule has 0 unspecified atom stereocenters. The number of benzene rings is 3. The number of para-hydroxylation sites is 1. The molecule has 1 aliphatic rings. The second kappa shape index (κ2) is 8.52. The van der Waals surface area contributed by atoms with E-state index in [1.165, 1.54) is 24.3 Å². The maximum Gasteiger partial charge on any atom is 0.283 e. The minimum atomic E-state index is -0.547. The van der Waals surface area contributed by atoms with Crippen LogP contribution < -0.4 is 10.2 Å². The molecule has 150 valence electrons. The molecule has 0 aromatic heterocycles. The minimum Gasteiger partial charge on any atom is -0.350 e. The Balaban J connectivity index is 1.75. The Kier molecular flexibility index (Phi) is 5.81. The van der Waals surface area contributed by atoms with Crippen LogP contribution in [0, 0.1) is 5.82 Å². The molecule has 8 heteroatoms. The predicted molar refractivity (Wildman–Crippen MR) is 118 cm³/mol. The van der Waals surface area contributed by atoms with Crippen LogP contribution in [-0.2, 0) is 9.59 Å². The summed E-state index contributed by atoms with van der Waals surface area (Å²) in [5.41, 5.74) is 0.855. The van der Waals surface area contributed by atoms with Gasteiger partial charge < -0.3 is 5.32 Å². The number of imide groups is 1. The molecule has 4 nitrogen and oxygen atoms in total. The van der Waals surface area contributed by atoms with Gasteiger partial charge in [-0.1, -0.05) is 47.1 Å². The zero-order chi connectivity index (χ0) is 21.3. The zero-order valence-corrected chi connectivity index (χ0v) is 17.6. The fraction of sp³-hybridized carbons (Fsp3) is 0. The molecular formula is C22H13Cl2FN2O2S. The Morgan fingerprint density at radius 2 is 1.50 bits per heavy atom. The number of halogens is 3. The van der Waals surface area contributed by atoms with E-state index in [4.69, 9.17) is 23.2 Å². The molecule has 30 heavy (non-hydrogen) atoms. The molecule has 0 radical (unpaired) electrons. The van der Waals surface area contributed by atoms with Crippen LogP contribution in [0.4, 0.5) is 15.8 Å². The van der Waals surface area contributed by atoms with Crippen molar-refractivity contribution >= 4 is 58.2 Å². The average molecular weight is 459 g/mol. The Morgan fingerprint density at radius 1 is 0.833 bits per heavy atom. The van der Waals surface area contributed by atoms with Crippen molar-refractivity contribution in [3.63, 3.8) is 0 Å². The van der Waals surface area contributed by atoms with Crippen molar-refractivity contribution in [1.82, 2.24) is 0 Å². The van der Waals surface area contributed by atoms with Crippen molar-refractivity contribution in [3.8, 4) is 0 Å². The maximum atomic E-state index is 13.3.